The largest absolute Gasteiger partial charge is 0.462 e. The first-order valence-corrected chi connectivity index (χ1v) is 16.0. The van der Waals surface area contributed by atoms with Crippen LogP contribution >= 0.6 is 7.75 Å². The Kier molecular flexibility index (Phi) is 11.1. The van der Waals surface area contributed by atoms with Gasteiger partial charge in [0.1, 0.15) is 23.7 Å². The minimum absolute atomic E-state index is 0.0782. The SMILES string of the molecule is CC(C)OC(=O)C(C)NP(=O)(OCC1OC(n2ccc(NC(=O)C3CCN(C)CC3)nc2=O)C(F)(F)C1O)Oc1ccccc1. The molecule has 3 heterocycles. The predicted octanol–water partition coefficient (Wildman–Crippen LogP) is 2.55. The highest BCUT2D eigenvalue weighted by Crippen LogP contribution is 2.48. The van der Waals surface area contributed by atoms with E-state index in [9.17, 15) is 24.1 Å². The molecule has 0 bridgehead atoms. The highest BCUT2D eigenvalue weighted by Gasteiger charge is 2.60. The van der Waals surface area contributed by atoms with Crippen LogP contribution in [0.1, 0.15) is 39.8 Å². The van der Waals surface area contributed by atoms with Crippen molar-refractivity contribution in [2.45, 2.75) is 70.1 Å². The number of benzene rings is 1. The lowest BCUT2D eigenvalue weighted by atomic mass is 9.96. The van der Waals surface area contributed by atoms with Gasteiger partial charge in [0.05, 0.1) is 12.7 Å². The summed E-state index contributed by atoms with van der Waals surface area (Å²) in [5.74, 6) is -5.42. The second kappa shape index (κ2) is 14.4. The maximum atomic E-state index is 15.2. The number of nitrogens with one attached hydrogen (secondary N) is 2. The molecule has 2 saturated heterocycles. The van der Waals surface area contributed by atoms with Gasteiger partial charge in [0.15, 0.2) is 6.10 Å². The van der Waals surface area contributed by atoms with Gasteiger partial charge in [0.25, 0.3) is 0 Å². The van der Waals surface area contributed by atoms with Crippen molar-refractivity contribution in [2.24, 2.45) is 5.92 Å². The van der Waals surface area contributed by atoms with E-state index in [4.69, 9.17) is 18.5 Å². The van der Waals surface area contributed by atoms with Gasteiger partial charge in [-0.3, -0.25) is 18.7 Å². The van der Waals surface area contributed by atoms with Crippen LogP contribution in [0.4, 0.5) is 14.6 Å². The third-order valence-corrected chi connectivity index (χ3v) is 8.88. The van der Waals surface area contributed by atoms with Crippen LogP contribution in [0.2, 0.25) is 0 Å². The number of halogens is 2. The Morgan fingerprint density at radius 2 is 1.84 bits per heavy atom. The molecule has 45 heavy (non-hydrogen) atoms. The minimum atomic E-state index is -4.46. The average molecular weight is 658 g/mol. The second-order valence-corrected chi connectivity index (χ2v) is 12.9. The number of hydrogen-bond donors (Lipinski definition) is 3. The molecule has 2 fully saturated rings. The molecule has 1 aromatic heterocycles. The number of ether oxygens (including phenoxy) is 2. The molecule has 5 unspecified atom stereocenters. The van der Waals surface area contributed by atoms with E-state index in [0.29, 0.717) is 17.4 Å². The molecule has 2 aliphatic rings. The number of para-hydroxylation sites is 1. The van der Waals surface area contributed by atoms with Crippen LogP contribution in [0.15, 0.2) is 47.4 Å². The third-order valence-electron chi connectivity index (χ3n) is 7.24. The average Bonchev–Trinajstić information content (AvgIpc) is 3.20. The Labute approximate surface area is 258 Å². The molecule has 4 rings (SSSR count). The number of anilines is 1. The molecule has 0 saturated carbocycles. The molecule has 5 atom stereocenters. The molecule has 17 heteroatoms. The monoisotopic (exact) mass is 657 g/mol. The van der Waals surface area contributed by atoms with Gasteiger partial charge < -0.3 is 29.3 Å². The molecule has 0 spiro atoms. The molecule has 2 aromatic rings. The number of hydrogen-bond acceptors (Lipinski definition) is 11. The zero-order chi connectivity index (χ0) is 32.9. The predicted molar refractivity (Wildman–Crippen MR) is 157 cm³/mol. The number of alkyl halides is 2. The Balaban J connectivity index is 1.46. The smallest absolute Gasteiger partial charge is 0.459 e. The maximum Gasteiger partial charge on any atom is 0.459 e. The zero-order valence-corrected chi connectivity index (χ0v) is 26.2. The Morgan fingerprint density at radius 1 is 1.18 bits per heavy atom. The van der Waals surface area contributed by atoms with E-state index in [2.05, 4.69) is 20.3 Å². The van der Waals surface area contributed by atoms with Crippen molar-refractivity contribution < 1.29 is 46.6 Å². The summed E-state index contributed by atoms with van der Waals surface area (Å²) in [6.45, 7) is 5.18. The molecule has 1 amide bonds. The van der Waals surface area contributed by atoms with E-state index in [1.54, 1.807) is 32.0 Å². The van der Waals surface area contributed by atoms with Crippen LogP contribution in [-0.2, 0) is 28.2 Å². The summed E-state index contributed by atoms with van der Waals surface area (Å²) in [5, 5.41) is 15.4. The van der Waals surface area contributed by atoms with E-state index in [1.165, 1.54) is 25.1 Å². The molecule has 2 aliphatic heterocycles. The lowest BCUT2D eigenvalue weighted by molar-refractivity contribution is -0.149. The van der Waals surface area contributed by atoms with Gasteiger partial charge in [-0.2, -0.15) is 18.9 Å². The molecule has 1 aromatic carbocycles. The van der Waals surface area contributed by atoms with Crippen LogP contribution < -0.4 is 20.6 Å². The topological polar surface area (TPSA) is 171 Å². The standard InChI is InChI=1S/C28H38F2N5O9P/c1-17(2)42-25(38)18(3)33-45(40,44-20-8-6-5-7-9-20)41-16-21-23(36)28(29,30)26(43-21)35-15-12-22(32-27(35)39)31-24(37)19-10-13-34(4)14-11-19/h5-9,12,15,17-19,21,23,26,36H,10-11,13-14,16H2,1-4H3,(H,33,40)(H,31,32,37,39). The fourth-order valence-electron chi connectivity index (χ4n) is 4.77. The van der Waals surface area contributed by atoms with Crippen molar-refractivity contribution in [3.8, 4) is 5.75 Å². The number of aliphatic hydroxyl groups is 1. The van der Waals surface area contributed by atoms with Gasteiger partial charge in [0.2, 0.25) is 12.1 Å². The summed E-state index contributed by atoms with van der Waals surface area (Å²) in [4.78, 5) is 43.5. The fourth-order valence-corrected chi connectivity index (χ4v) is 6.27. The minimum Gasteiger partial charge on any atom is -0.462 e. The number of carbonyl (C=O) groups excluding carboxylic acids is 2. The number of esters is 1. The van der Waals surface area contributed by atoms with Crippen LogP contribution in [0.3, 0.4) is 0 Å². The number of nitrogens with zero attached hydrogens (tertiary/aromatic N) is 3. The molecular weight excluding hydrogens is 619 g/mol. The van der Waals surface area contributed by atoms with Crippen LogP contribution in [-0.4, -0.2) is 88.5 Å². The Bertz CT molecular complexity index is 1440. The molecule has 0 radical (unpaired) electrons. The first-order valence-electron chi connectivity index (χ1n) is 14.5. The zero-order valence-electron chi connectivity index (χ0n) is 25.3. The van der Waals surface area contributed by atoms with Crippen LogP contribution in [0.5, 0.6) is 5.75 Å². The molecule has 248 valence electrons. The van der Waals surface area contributed by atoms with E-state index < -0.39 is 62.5 Å². The maximum absolute atomic E-state index is 15.2. The van der Waals surface area contributed by atoms with Gasteiger partial charge >= 0.3 is 25.3 Å². The third kappa shape index (κ3) is 8.71. The summed E-state index contributed by atoms with van der Waals surface area (Å²) >= 11 is 0. The molecule has 0 aliphatic carbocycles. The van der Waals surface area contributed by atoms with Crippen molar-refractivity contribution in [1.29, 1.82) is 0 Å². The van der Waals surface area contributed by atoms with Crippen molar-refractivity contribution in [3.63, 3.8) is 0 Å². The quantitative estimate of drug-likeness (QED) is 0.226. The summed E-state index contributed by atoms with van der Waals surface area (Å²) in [6.07, 6.45) is -4.82. The lowest BCUT2D eigenvalue weighted by Crippen LogP contribution is -2.42. The number of piperidine rings is 1. The normalized spacial score (nSPS) is 24.1. The summed E-state index contributed by atoms with van der Waals surface area (Å²) in [6, 6.07) is 7.73. The van der Waals surface area contributed by atoms with Gasteiger partial charge in [-0.15, -0.1) is 0 Å². The van der Waals surface area contributed by atoms with Gasteiger partial charge in [-0.25, -0.2) is 9.36 Å². The lowest BCUT2D eigenvalue weighted by Gasteiger charge is -2.27. The van der Waals surface area contributed by atoms with E-state index in [1.807, 2.05) is 7.05 Å². The number of carbonyl (C=O) groups is 2. The Hall–Kier alpha value is -3.27. The molecular formula is C28H38F2N5O9P. The number of likely N-dealkylation sites (tertiary alicyclic amines) is 1. The first kappa shape index (κ1) is 34.6. The van der Waals surface area contributed by atoms with Gasteiger partial charge in [-0.05, 0) is 71.9 Å². The molecule has 3 N–H and O–H groups in total. The number of rotatable bonds is 12. The fraction of sp³-hybridized carbons (Fsp3) is 0.571. The van der Waals surface area contributed by atoms with Crippen molar-refractivity contribution in [3.05, 3.63) is 53.1 Å². The number of aliphatic hydroxyl groups excluding tert-OH is 1. The second-order valence-electron chi connectivity index (χ2n) is 11.2. The summed E-state index contributed by atoms with van der Waals surface area (Å²) in [7, 11) is -2.51. The van der Waals surface area contributed by atoms with E-state index in [0.717, 1.165) is 19.3 Å². The highest BCUT2D eigenvalue weighted by atomic mass is 31.2. The van der Waals surface area contributed by atoms with Crippen LogP contribution in [0.25, 0.3) is 0 Å². The van der Waals surface area contributed by atoms with E-state index >= 15 is 8.78 Å². The van der Waals surface area contributed by atoms with E-state index in [-0.39, 0.29) is 23.4 Å². The number of amides is 1. The van der Waals surface area contributed by atoms with Gasteiger partial charge in [-0.1, -0.05) is 18.2 Å². The Morgan fingerprint density at radius 3 is 2.47 bits per heavy atom. The van der Waals surface area contributed by atoms with Crippen molar-refractivity contribution in [1.82, 2.24) is 19.5 Å². The first-order chi connectivity index (χ1) is 21.2. The van der Waals surface area contributed by atoms with Crippen molar-refractivity contribution >= 4 is 25.4 Å². The van der Waals surface area contributed by atoms with Crippen molar-refractivity contribution in [2.75, 3.05) is 32.1 Å². The number of aromatic nitrogens is 2. The molecule has 14 nitrogen and oxygen atoms in total. The van der Waals surface area contributed by atoms with Crippen LogP contribution in [0, 0.1) is 5.92 Å². The van der Waals surface area contributed by atoms with Gasteiger partial charge in [0, 0.05) is 12.1 Å². The highest BCUT2D eigenvalue weighted by molar-refractivity contribution is 7.52. The summed E-state index contributed by atoms with van der Waals surface area (Å²) < 4.78 is 66.0. The summed E-state index contributed by atoms with van der Waals surface area (Å²) in [5.41, 5.74) is -1.16.